The Balaban J connectivity index is 1.66. The van der Waals surface area contributed by atoms with Gasteiger partial charge < -0.3 is 39.4 Å². The van der Waals surface area contributed by atoms with Gasteiger partial charge in [0.05, 0.1) is 18.6 Å². The summed E-state index contributed by atoms with van der Waals surface area (Å²) in [6, 6.07) is 0. The first-order chi connectivity index (χ1) is 15.3. The maximum absolute atomic E-state index is 13.1. The molecule has 11 atom stereocenters. The summed E-state index contributed by atoms with van der Waals surface area (Å²) in [5.74, 6) is -6.59. The molecule has 0 radical (unpaired) electrons. The maximum Gasteiger partial charge on any atom is 0.350 e. The van der Waals surface area contributed by atoms with E-state index in [-0.39, 0.29) is 19.6 Å². The number of esters is 2. The summed E-state index contributed by atoms with van der Waals surface area (Å²) >= 11 is 0. The number of hydrogen-bond acceptors (Lipinski definition) is 11. The SMILES string of the molecule is CC(=O)O[C@H]1C(=O)O[C@@H]2C[C@@H]3C(C)=CC(=O)[C@@H](O)[C@]3(C)[C@@H]3[C@@]4(O)OC[C@@]23[C@]1(O)[C@]1(CO1)[C@H]4O. The Morgan fingerprint density at radius 3 is 2.45 bits per heavy atom. The van der Waals surface area contributed by atoms with E-state index in [0.717, 1.165) is 6.92 Å². The van der Waals surface area contributed by atoms with Gasteiger partial charge in [0.15, 0.2) is 22.8 Å². The van der Waals surface area contributed by atoms with Crippen molar-refractivity contribution in [2.75, 3.05) is 13.2 Å². The van der Waals surface area contributed by atoms with Crippen LogP contribution in [0, 0.1) is 22.7 Å². The first-order valence-electron chi connectivity index (χ1n) is 11.0. The molecule has 6 rings (SSSR count). The minimum Gasteiger partial charge on any atom is -0.459 e. The number of hydrogen-bond donors (Lipinski definition) is 4. The van der Waals surface area contributed by atoms with Gasteiger partial charge in [-0.25, -0.2) is 4.79 Å². The summed E-state index contributed by atoms with van der Waals surface area (Å²) in [6.45, 7) is 3.77. The minimum absolute atomic E-state index is 0.117. The zero-order valence-electron chi connectivity index (χ0n) is 18.3. The van der Waals surface area contributed by atoms with Crippen LogP contribution in [0.2, 0.25) is 0 Å². The number of fused-ring (bicyclic) bond motifs is 2. The first-order valence-corrected chi connectivity index (χ1v) is 11.0. The van der Waals surface area contributed by atoms with E-state index in [1.807, 2.05) is 0 Å². The van der Waals surface area contributed by atoms with Crippen molar-refractivity contribution in [3.05, 3.63) is 11.6 Å². The summed E-state index contributed by atoms with van der Waals surface area (Å²) in [4.78, 5) is 37.7. The molecule has 11 nitrogen and oxygen atoms in total. The van der Waals surface area contributed by atoms with Crippen LogP contribution in [-0.2, 0) is 33.3 Å². The highest BCUT2D eigenvalue weighted by Gasteiger charge is 2.95. The van der Waals surface area contributed by atoms with E-state index in [0.29, 0.717) is 5.57 Å². The topological polar surface area (TPSA) is 172 Å². The molecule has 0 aromatic heterocycles. The van der Waals surface area contributed by atoms with Crippen LogP contribution in [0.5, 0.6) is 0 Å². The number of ketones is 1. The number of rotatable bonds is 1. The van der Waals surface area contributed by atoms with Crippen molar-refractivity contribution in [1.82, 2.24) is 0 Å². The minimum atomic E-state index is -2.36. The smallest absolute Gasteiger partial charge is 0.350 e. The van der Waals surface area contributed by atoms with Gasteiger partial charge in [0.25, 0.3) is 0 Å². The van der Waals surface area contributed by atoms with Crippen molar-refractivity contribution in [3.8, 4) is 0 Å². The Morgan fingerprint density at radius 1 is 1.18 bits per heavy atom. The van der Waals surface area contributed by atoms with Crippen LogP contribution in [0.3, 0.4) is 0 Å². The van der Waals surface area contributed by atoms with Gasteiger partial charge in [-0.2, -0.15) is 0 Å². The second-order valence-corrected chi connectivity index (χ2v) is 10.6. The molecule has 180 valence electrons. The fourth-order valence-corrected chi connectivity index (χ4v) is 8.16. The third-order valence-electron chi connectivity index (χ3n) is 9.43. The van der Waals surface area contributed by atoms with Gasteiger partial charge >= 0.3 is 11.9 Å². The van der Waals surface area contributed by atoms with E-state index in [4.69, 9.17) is 18.9 Å². The van der Waals surface area contributed by atoms with Gasteiger partial charge in [-0.3, -0.25) is 9.59 Å². The van der Waals surface area contributed by atoms with Crippen molar-refractivity contribution in [2.45, 2.75) is 68.6 Å². The Bertz CT molecular complexity index is 1030. The lowest BCUT2D eigenvalue weighted by atomic mass is 9.36. The highest BCUT2D eigenvalue weighted by Crippen LogP contribution is 2.77. The predicted molar refractivity (Wildman–Crippen MR) is 103 cm³/mol. The van der Waals surface area contributed by atoms with Crippen LogP contribution in [0.25, 0.3) is 0 Å². The van der Waals surface area contributed by atoms with Crippen molar-refractivity contribution in [2.24, 2.45) is 22.7 Å². The standard InChI is InChI=1S/C22H26O11/c1-8-4-11(24)13(25)18(3)10(8)5-12-19-6-31-21(28,16(18)19)17(27)20(7-30-20)22(19,29)14(15(26)33-12)32-9(2)23/h4,10,12-14,16-17,25,27-29H,5-7H2,1-3H3/t10-,12-,13-,14+,16+,17-,18-,19-,20+,21-,22+/m1/s1. The molecule has 5 fully saturated rings. The first kappa shape index (κ1) is 21.6. The van der Waals surface area contributed by atoms with E-state index in [1.165, 1.54) is 6.08 Å². The Hall–Kier alpha value is -1.89. The second-order valence-electron chi connectivity index (χ2n) is 10.6. The predicted octanol–water partition coefficient (Wildman–Crippen LogP) is -2.04. The average Bonchev–Trinajstić information content (AvgIpc) is 3.48. The Morgan fingerprint density at radius 2 is 1.85 bits per heavy atom. The number of epoxide rings is 1. The molecule has 2 bridgehead atoms. The van der Waals surface area contributed by atoms with Crippen LogP contribution >= 0.6 is 0 Å². The molecule has 3 heterocycles. The van der Waals surface area contributed by atoms with Gasteiger partial charge in [-0.1, -0.05) is 12.5 Å². The van der Waals surface area contributed by atoms with E-state index >= 15 is 0 Å². The number of allylic oxidation sites excluding steroid dienone is 1. The number of aliphatic hydroxyl groups is 4. The molecule has 6 aliphatic rings. The fourth-order valence-electron chi connectivity index (χ4n) is 8.16. The normalized spacial score (nSPS) is 58.2. The van der Waals surface area contributed by atoms with Crippen LogP contribution in [-0.4, -0.2) is 92.8 Å². The summed E-state index contributed by atoms with van der Waals surface area (Å²) < 4.78 is 22.3. The van der Waals surface area contributed by atoms with Gasteiger partial charge in [0.1, 0.15) is 18.3 Å². The molecular formula is C22H26O11. The summed E-state index contributed by atoms with van der Waals surface area (Å²) in [6.07, 6.45) is -4.92. The lowest BCUT2D eigenvalue weighted by molar-refractivity contribution is -0.379. The lowest BCUT2D eigenvalue weighted by Crippen LogP contribution is -2.88. The molecule has 2 spiro atoms. The quantitative estimate of drug-likeness (QED) is 0.248. The molecule has 4 N–H and O–H groups in total. The average molecular weight is 466 g/mol. The van der Waals surface area contributed by atoms with Gasteiger partial charge in [0, 0.05) is 18.3 Å². The summed E-state index contributed by atoms with van der Waals surface area (Å²) in [5, 5.41) is 46.8. The van der Waals surface area contributed by atoms with Crippen LogP contribution in [0.15, 0.2) is 11.6 Å². The molecule has 3 saturated heterocycles. The summed E-state index contributed by atoms with van der Waals surface area (Å²) in [7, 11) is 0. The van der Waals surface area contributed by atoms with Crippen molar-refractivity contribution >= 4 is 17.7 Å². The monoisotopic (exact) mass is 466 g/mol. The van der Waals surface area contributed by atoms with Crippen molar-refractivity contribution < 1.29 is 53.8 Å². The zero-order valence-corrected chi connectivity index (χ0v) is 18.3. The molecule has 3 aliphatic heterocycles. The fraction of sp³-hybridized carbons (Fsp3) is 0.773. The largest absolute Gasteiger partial charge is 0.459 e. The molecule has 3 aliphatic carbocycles. The molecule has 2 saturated carbocycles. The number of aliphatic hydroxyl groups excluding tert-OH is 2. The molecule has 0 aromatic rings. The number of carbonyl (C=O) groups excluding carboxylic acids is 3. The van der Waals surface area contributed by atoms with Crippen LogP contribution in [0.4, 0.5) is 0 Å². The number of carbonyl (C=O) groups is 3. The molecule has 0 amide bonds. The Kier molecular flexibility index (Phi) is 3.83. The van der Waals surface area contributed by atoms with Crippen LogP contribution < -0.4 is 0 Å². The zero-order chi connectivity index (χ0) is 23.9. The maximum atomic E-state index is 13.1. The highest BCUT2D eigenvalue weighted by molar-refractivity contribution is 5.96. The van der Waals surface area contributed by atoms with Crippen molar-refractivity contribution in [3.63, 3.8) is 0 Å². The van der Waals surface area contributed by atoms with E-state index in [2.05, 4.69) is 0 Å². The van der Waals surface area contributed by atoms with E-state index in [9.17, 15) is 34.8 Å². The third kappa shape index (κ3) is 1.96. The Labute approximate surface area is 188 Å². The van der Waals surface area contributed by atoms with Gasteiger partial charge in [0.2, 0.25) is 6.10 Å². The molecule has 0 unspecified atom stereocenters. The van der Waals surface area contributed by atoms with Crippen LogP contribution in [0.1, 0.15) is 27.2 Å². The highest BCUT2D eigenvalue weighted by atomic mass is 16.7. The summed E-state index contributed by atoms with van der Waals surface area (Å²) in [5.41, 5.74) is -6.66. The lowest BCUT2D eigenvalue weighted by Gasteiger charge is -2.70. The van der Waals surface area contributed by atoms with Gasteiger partial charge in [-0.05, 0) is 25.3 Å². The van der Waals surface area contributed by atoms with Crippen molar-refractivity contribution in [1.29, 1.82) is 0 Å². The third-order valence-corrected chi connectivity index (χ3v) is 9.43. The molecular weight excluding hydrogens is 440 g/mol. The molecule has 0 aromatic carbocycles. The van der Waals surface area contributed by atoms with E-state index in [1.54, 1.807) is 13.8 Å². The van der Waals surface area contributed by atoms with E-state index < -0.39 is 81.8 Å². The van der Waals surface area contributed by atoms with Gasteiger partial charge in [-0.15, -0.1) is 0 Å². The number of ether oxygens (including phenoxy) is 4. The molecule has 33 heavy (non-hydrogen) atoms. The molecule has 11 heteroatoms. The second kappa shape index (κ2) is 5.84.